The van der Waals surface area contributed by atoms with Gasteiger partial charge >= 0.3 is 5.97 Å². The third-order valence-corrected chi connectivity index (χ3v) is 2.80. The van der Waals surface area contributed by atoms with Gasteiger partial charge in [-0.25, -0.2) is 4.68 Å². The molecule has 0 unspecified atom stereocenters. The van der Waals surface area contributed by atoms with Crippen LogP contribution in [0.1, 0.15) is 24.4 Å². The molecule has 0 aliphatic carbocycles. The number of aromatic nitrogens is 2. The van der Waals surface area contributed by atoms with Crippen LogP contribution in [0.25, 0.3) is 0 Å². The van der Waals surface area contributed by atoms with Crippen molar-refractivity contribution in [2.24, 2.45) is 0 Å². The molecule has 0 aromatic carbocycles. The highest BCUT2D eigenvalue weighted by Gasteiger charge is 2.21. The molecule has 1 aliphatic heterocycles. The second-order valence-corrected chi connectivity index (χ2v) is 3.96. The maximum Gasteiger partial charge on any atom is 0.308 e. The summed E-state index contributed by atoms with van der Waals surface area (Å²) in [5.74, 6) is -1.54. The summed E-state index contributed by atoms with van der Waals surface area (Å²) in [6.07, 6.45) is 2.65. The first-order chi connectivity index (χ1) is 7.68. The summed E-state index contributed by atoms with van der Waals surface area (Å²) < 4.78 is 15.1. The van der Waals surface area contributed by atoms with Gasteiger partial charge in [0.1, 0.15) is 0 Å². The average Bonchev–Trinajstić information content (AvgIpc) is 2.61. The van der Waals surface area contributed by atoms with Crippen LogP contribution in [0, 0.1) is 5.95 Å². The normalized spacial score (nSPS) is 17.6. The Morgan fingerprint density at radius 3 is 2.94 bits per heavy atom. The lowest BCUT2D eigenvalue weighted by Gasteiger charge is -2.23. The number of halogens is 1. The lowest BCUT2D eigenvalue weighted by atomic mass is 10.1. The highest BCUT2D eigenvalue weighted by molar-refractivity contribution is 5.69. The van der Waals surface area contributed by atoms with Gasteiger partial charge in [0.05, 0.1) is 18.7 Å². The molecule has 0 spiro atoms. The minimum Gasteiger partial charge on any atom is -0.481 e. The first kappa shape index (κ1) is 11.1. The number of nitrogens with zero attached hydrogens (tertiary/aromatic N) is 2. The first-order valence-electron chi connectivity index (χ1n) is 5.33. The zero-order chi connectivity index (χ0) is 11.5. The van der Waals surface area contributed by atoms with Crippen molar-refractivity contribution < 1.29 is 14.3 Å². The molecule has 0 saturated carbocycles. The number of carboxylic acid groups (broad SMARTS) is 1. The molecule has 1 saturated heterocycles. The van der Waals surface area contributed by atoms with Crippen LogP contribution in [0.2, 0.25) is 0 Å². The highest BCUT2D eigenvalue weighted by atomic mass is 19.1. The van der Waals surface area contributed by atoms with Crippen molar-refractivity contribution in [3.8, 4) is 0 Å². The SMILES string of the molecule is O=C(O)Cc1cnn(C2CCNCC2)c1F. The van der Waals surface area contributed by atoms with Gasteiger partial charge in [0, 0.05) is 5.56 Å². The summed E-state index contributed by atoms with van der Waals surface area (Å²) >= 11 is 0. The topological polar surface area (TPSA) is 67.1 Å². The molecule has 1 fully saturated rings. The Labute approximate surface area is 92.3 Å². The summed E-state index contributed by atoms with van der Waals surface area (Å²) in [4.78, 5) is 10.5. The zero-order valence-corrected chi connectivity index (χ0v) is 8.82. The fraction of sp³-hybridized carbons (Fsp3) is 0.600. The second-order valence-electron chi connectivity index (χ2n) is 3.96. The standard InChI is InChI=1S/C10H14FN3O2/c11-10-7(5-9(15)16)6-13-14(10)8-1-3-12-4-2-8/h6,8,12H,1-5H2,(H,15,16). The Morgan fingerprint density at radius 2 is 2.31 bits per heavy atom. The van der Waals surface area contributed by atoms with Crippen LogP contribution in [0.4, 0.5) is 4.39 Å². The van der Waals surface area contributed by atoms with Crippen LogP contribution in [-0.4, -0.2) is 33.9 Å². The van der Waals surface area contributed by atoms with E-state index in [2.05, 4.69) is 10.4 Å². The van der Waals surface area contributed by atoms with Crippen molar-refractivity contribution in [1.82, 2.24) is 15.1 Å². The Bertz CT molecular complexity index is 385. The van der Waals surface area contributed by atoms with E-state index in [1.807, 2.05) is 0 Å². The summed E-state index contributed by atoms with van der Waals surface area (Å²) in [6, 6.07) is 0.0452. The number of aliphatic carboxylic acids is 1. The van der Waals surface area contributed by atoms with Gasteiger partial charge in [0.2, 0.25) is 5.95 Å². The number of rotatable bonds is 3. The molecule has 16 heavy (non-hydrogen) atoms. The lowest BCUT2D eigenvalue weighted by molar-refractivity contribution is -0.136. The molecule has 1 aromatic heterocycles. The van der Waals surface area contributed by atoms with Gasteiger partial charge in [-0.1, -0.05) is 0 Å². The first-order valence-corrected chi connectivity index (χ1v) is 5.33. The van der Waals surface area contributed by atoms with E-state index in [1.165, 1.54) is 10.9 Å². The van der Waals surface area contributed by atoms with Crippen molar-refractivity contribution in [2.75, 3.05) is 13.1 Å². The molecule has 1 aliphatic rings. The number of hydrogen-bond acceptors (Lipinski definition) is 3. The van der Waals surface area contributed by atoms with Gasteiger partial charge in [-0.05, 0) is 25.9 Å². The van der Waals surface area contributed by atoms with Gasteiger partial charge in [-0.2, -0.15) is 9.49 Å². The molecule has 88 valence electrons. The van der Waals surface area contributed by atoms with Crippen LogP contribution in [-0.2, 0) is 11.2 Å². The predicted molar refractivity (Wildman–Crippen MR) is 54.7 cm³/mol. The molecule has 0 bridgehead atoms. The number of carbonyl (C=O) groups is 1. The van der Waals surface area contributed by atoms with Crippen molar-refractivity contribution in [3.05, 3.63) is 17.7 Å². The number of piperidine rings is 1. The molecular formula is C10H14FN3O2. The van der Waals surface area contributed by atoms with Crippen LogP contribution in [0.15, 0.2) is 6.20 Å². The van der Waals surface area contributed by atoms with E-state index in [0.29, 0.717) is 0 Å². The zero-order valence-electron chi connectivity index (χ0n) is 8.82. The van der Waals surface area contributed by atoms with Crippen molar-refractivity contribution in [3.63, 3.8) is 0 Å². The molecule has 1 aromatic rings. The lowest BCUT2D eigenvalue weighted by Crippen LogP contribution is -2.30. The Balaban J connectivity index is 2.15. The summed E-state index contributed by atoms with van der Waals surface area (Å²) in [7, 11) is 0. The van der Waals surface area contributed by atoms with E-state index in [9.17, 15) is 9.18 Å². The summed E-state index contributed by atoms with van der Waals surface area (Å²) in [5.41, 5.74) is 0.158. The molecule has 0 amide bonds. The third kappa shape index (κ3) is 2.21. The highest BCUT2D eigenvalue weighted by Crippen LogP contribution is 2.20. The van der Waals surface area contributed by atoms with Crippen LogP contribution in [0.3, 0.4) is 0 Å². The molecule has 2 N–H and O–H groups in total. The fourth-order valence-corrected chi connectivity index (χ4v) is 1.97. The molecule has 0 atom stereocenters. The van der Waals surface area contributed by atoms with Gasteiger partial charge in [-0.3, -0.25) is 4.79 Å². The van der Waals surface area contributed by atoms with E-state index >= 15 is 0 Å². The van der Waals surface area contributed by atoms with E-state index in [4.69, 9.17) is 5.11 Å². The number of nitrogens with one attached hydrogen (secondary N) is 1. The van der Waals surface area contributed by atoms with E-state index in [1.54, 1.807) is 0 Å². The minimum absolute atomic E-state index is 0.0452. The van der Waals surface area contributed by atoms with E-state index in [-0.39, 0.29) is 18.0 Å². The van der Waals surface area contributed by atoms with Gasteiger partial charge in [-0.15, -0.1) is 0 Å². The fourth-order valence-electron chi connectivity index (χ4n) is 1.97. The molecule has 2 rings (SSSR count). The summed E-state index contributed by atoms with van der Waals surface area (Å²) in [6.45, 7) is 1.69. The third-order valence-electron chi connectivity index (χ3n) is 2.80. The Kier molecular flexibility index (Phi) is 3.19. The molecule has 0 radical (unpaired) electrons. The van der Waals surface area contributed by atoms with Crippen molar-refractivity contribution in [1.29, 1.82) is 0 Å². The van der Waals surface area contributed by atoms with Gasteiger partial charge in [0.25, 0.3) is 0 Å². The van der Waals surface area contributed by atoms with Crippen LogP contribution >= 0.6 is 0 Å². The van der Waals surface area contributed by atoms with Crippen molar-refractivity contribution in [2.45, 2.75) is 25.3 Å². The predicted octanol–water partition coefficient (Wildman–Crippen LogP) is 0.574. The number of hydrogen-bond donors (Lipinski definition) is 2. The Hall–Kier alpha value is -1.43. The maximum atomic E-state index is 13.8. The molecule has 2 heterocycles. The smallest absolute Gasteiger partial charge is 0.308 e. The largest absolute Gasteiger partial charge is 0.481 e. The Morgan fingerprint density at radius 1 is 1.62 bits per heavy atom. The van der Waals surface area contributed by atoms with Gasteiger partial charge < -0.3 is 10.4 Å². The van der Waals surface area contributed by atoms with Gasteiger partial charge in [0.15, 0.2) is 0 Å². The number of carboxylic acids is 1. The molecule has 6 heteroatoms. The quantitative estimate of drug-likeness (QED) is 0.792. The van der Waals surface area contributed by atoms with Crippen LogP contribution < -0.4 is 5.32 Å². The summed E-state index contributed by atoms with van der Waals surface area (Å²) in [5, 5.41) is 15.7. The molecule has 5 nitrogen and oxygen atoms in total. The van der Waals surface area contributed by atoms with E-state index < -0.39 is 11.9 Å². The second kappa shape index (κ2) is 4.61. The van der Waals surface area contributed by atoms with E-state index in [0.717, 1.165) is 25.9 Å². The monoisotopic (exact) mass is 227 g/mol. The average molecular weight is 227 g/mol. The minimum atomic E-state index is -1.04. The maximum absolute atomic E-state index is 13.8. The molecular weight excluding hydrogens is 213 g/mol. The van der Waals surface area contributed by atoms with Crippen LogP contribution in [0.5, 0.6) is 0 Å². The van der Waals surface area contributed by atoms with Crippen molar-refractivity contribution >= 4 is 5.97 Å².